The first-order valence-electron chi connectivity index (χ1n) is 8.68. The summed E-state index contributed by atoms with van der Waals surface area (Å²) in [7, 11) is 1.64. The molecule has 1 atom stereocenters. The molecule has 0 aliphatic carbocycles. The summed E-state index contributed by atoms with van der Waals surface area (Å²) in [6.45, 7) is 1.38. The van der Waals surface area contributed by atoms with Gasteiger partial charge in [-0.2, -0.15) is 0 Å². The fourth-order valence-electron chi connectivity index (χ4n) is 2.87. The number of nitrogens with zero attached hydrogens (tertiary/aromatic N) is 4. The van der Waals surface area contributed by atoms with Crippen LogP contribution in [-0.4, -0.2) is 54.6 Å². The van der Waals surface area contributed by atoms with Crippen molar-refractivity contribution in [2.75, 3.05) is 36.9 Å². The number of nitrogens with one attached hydrogen (secondary N) is 3. The third-order valence-corrected chi connectivity index (χ3v) is 4.15. The first kappa shape index (κ1) is 21.8. The van der Waals surface area contributed by atoms with Crippen LogP contribution in [0.4, 0.5) is 15.9 Å². The van der Waals surface area contributed by atoms with E-state index in [4.69, 9.17) is 0 Å². The molecule has 28 heavy (non-hydrogen) atoms. The van der Waals surface area contributed by atoms with Crippen molar-refractivity contribution in [3.05, 3.63) is 48.7 Å². The van der Waals surface area contributed by atoms with Crippen LogP contribution < -0.4 is 20.9 Å². The van der Waals surface area contributed by atoms with Gasteiger partial charge in [0.25, 0.3) is 0 Å². The molecule has 3 rings (SSSR count). The number of hydrogen-bond acceptors (Lipinski definition) is 5. The molecule has 1 fully saturated rings. The van der Waals surface area contributed by atoms with E-state index in [9.17, 15) is 9.18 Å². The Morgan fingerprint density at radius 1 is 1.36 bits per heavy atom. The van der Waals surface area contributed by atoms with Gasteiger partial charge in [-0.1, -0.05) is 0 Å². The third kappa shape index (κ3) is 6.01. The van der Waals surface area contributed by atoms with Gasteiger partial charge < -0.3 is 20.9 Å². The molecule has 8 nitrogen and oxygen atoms in total. The number of hydrogen-bond donors (Lipinski definition) is 3. The van der Waals surface area contributed by atoms with E-state index in [0.717, 1.165) is 6.42 Å². The zero-order valence-electron chi connectivity index (χ0n) is 15.4. The smallest absolute Gasteiger partial charge is 0.243 e. The number of amides is 1. The second-order valence-corrected chi connectivity index (χ2v) is 6.10. The van der Waals surface area contributed by atoms with E-state index in [0.29, 0.717) is 30.6 Å². The average Bonchev–Trinajstić information content (AvgIpc) is 3.14. The van der Waals surface area contributed by atoms with Crippen molar-refractivity contribution in [2.24, 2.45) is 4.99 Å². The Kier molecular flexibility index (Phi) is 8.36. The Bertz CT molecular complexity index is 806. The minimum atomic E-state index is -0.326. The standard InChI is InChI=1S/C18H22FN7O.HI/c1-20-18(23-11-16(27)24-13-4-2-7-21-10-13)25-14-6-9-26(12-14)17-15(19)5-3-8-22-17;/h2-5,7-8,10,14H,6,9,11-12H2,1H3,(H,24,27)(H2,20,23,25);1H. The van der Waals surface area contributed by atoms with Crippen LogP contribution in [0, 0.1) is 5.82 Å². The summed E-state index contributed by atoms with van der Waals surface area (Å²) in [5, 5.41) is 8.98. The fourth-order valence-corrected chi connectivity index (χ4v) is 2.87. The number of anilines is 2. The molecule has 1 amide bonds. The number of pyridine rings is 2. The van der Waals surface area contributed by atoms with E-state index in [2.05, 4.69) is 30.9 Å². The molecular formula is C18H23FIN7O. The van der Waals surface area contributed by atoms with Crippen molar-refractivity contribution >= 4 is 47.3 Å². The van der Waals surface area contributed by atoms with Crippen LogP contribution in [0.5, 0.6) is 0 Å². The maximum Gasteiger partial charge on any atom is 0.243 e. The van der Waals surface area contributed by atoms with Gasteiger partial charge in [0.15, 0.2) is 17.6 Å². The second-order valence-electron chi connectivity index (χ2n) is 6.10. The topological polar surface area (TPSA) is 94.5 Å². The van der Waals surface area contributed by atoms with Gasteiger partial charge in [-0.25, -0.2) is 9.37 Å². The monoisotopic (exact) mass is 499 g/mol. The highest BCUT2D eigenvalue weighted by atomic mass is 127. The van der Waals surface area contributed by atoms with Crippen molar-refractivity contribution in [1.82, 2.24) is 20.6 Å². The number of aromatic nitrogens is 2. The number of carbonyl (C=O) groups is 1. The van der Waals surface area contributed by atoms with Crippen LogP contribution in [0.1, 0.15) is 6.42 Å². The van der Waals surface area contributed by atoms with Gasteiger partial charge >= 0.3 is 0 Å². The van der Waals surface area contributed by atoms with E-state index in [1.807, 2.05) is 4.90 Å². The summed E-state index contributed by atoms with van der Waals surface area (Å²) in [5.41, 5.74) is 0.635. The number of aliphatic imine (C=N–C) groups is 1. The number of rotatable bonds is 5. The predicted molar refractivity (Wildman–Crippen MR) is 118 cm³/mol. The summed E-state index contributed by atoms with van der Waals surface area (Å²) >= 11 is 0. The lowest BCUT2D eigenvalue weighted by atomic mass is 10.3. The Hall–Kier alpha value is -2.50. The van der Waals surface area contributed by atoms with Gasteiger partial charge in [-0.3, -0.25) is 14.8 Å². The summed E-state index contributed by atoms with van der Waals surface area (Å²) < 4.78 is 13.9. The molecule has 0 aromatic carbocycles. The maximum atomic E-state index is 13.9. The van der Waals surface area contributed by atoms with E-state index in [-0.39, 0.29) is 48.3 Å². The average molecular weight is 499 g/mol. The molecule has 1 aliphatic heterocycles. The molecule has 0 spiro atoms. The minimum absolute atomic E-state index is 0. The molecule has 0 bridgehead atoms. The molecule has 1 aliphatic rings. The SMILES string of the molecule is CN=C(NCC(=O)Nc1cccnc1)NC1CCN(c2ncccc2F)C1.I. The highest BCUT2D eigenvalue weighted by Gasteiger charge is 2.26. The quantitative estimate of drug-likeness (QED) is 0.329. The van der Waals surface area contributed by atoms with Crippen LogP contribution in [0.3, 0.4) is 0 Å². The maximum absolute atomic E-state index is 13.9. The second kappa shape index (κ2) is 10.7. The van der Waals surface area contributed by atoms with Gasteiger partial charge in [0.2, 0.25) is 5.91 Å². The van der Waals surface area contributed by atoms with Crippen molar-refractivity contribution in [3.8, 4) is 0 Å². The number of guanidine groups is 1. The highest BCUT2D eigenvalue weighted by molar-refractivity contribution is 14.0. The lowest BCUT2D eigenvalue weighted by molar-refractivity contribution is -0.115. The molecule has 3 N–H and O–H groups in total. The summed E-state index contributed by atoms with van der Waals surface area (Å²) in [5.74, 6) is 0.354. The molecule has 0 saturated carbocycles. The van der Waals surface area contributed by atoms with Gasteiger partial charge in [-0.15, -0.1) is 24.0 Å². The van der Waals surface area contributed by atoms with Crippen LogP contribution in [0.2, 0.25) is 0 Å². The fraction of sp³-hybridized carbons (Fsp3) is 0.333. The molecule has 1 saturated heterocycles. The number of halogens is 2. The largest absolute Gasteiger partial charge is 0.352 e. The lowest BCUT2D eigenvalue weighted by Gasteiger charge is -2.19. The van der Waals surface area contributed by atoms with Crippen molar-refractivity contribution in [3.63, 3.8) is 0 Å². The molecule has 1 unspecified atom stereocenters. The van der Waals surface area contributed by atoms with Crippen LogP contribution in [-0.2, 0) is 4.79 Å². The van der Waals surface area contributed by atoms with E-state index >= 15 is 0 Å². The van der Waals surface area contributed by atoms with Crippen LogP contribution >= 0.6 is 24.0 Å². The third-order valence-electron chi connectivity index (χ3n) is 4.15. The van der Waals surface area contributed by atoms with Gasteiger partial charge in [0, 0.05) is 38.6 Å². The molecule has 10 heteroatoms. The van der Waals surface area contributed by atoms with Crippen molar-refractivity contribution in [1.29, 1.82) is 0 Å². The molecule has 2 aromatic heterocycles. The van der Waals surface area contributed by atoms with Gasteiger partial charge in [0.05, 0.1) is 18.4 Å². The Balaban J connectivity index is 0.00000280. The predicted octanol–water partition coefficient (Wildman–Crippen LogP) is 1.62. The Labute approximate surface area is 180 Å². The van der Waals surface area contributed by atoms with Gasteiger partial charge in [0.1, 0.15) is 0 Å². The molecule has 150 valence electrons. The van der Waals surface area contributed by atoms with Crippen LogP contribution in [0.25, 0.3) is 0 Å². The van der Waals surface area contributed by atoms with E-state index < -0.39 is 0 Å². The number of carbonyl (C=O) groups excluding carboxylic acids is 1. The summed E-state index contributed by atoms with van der Waals surface area (Å²) in [6, 6.07) is 6.58. The first-order valence-corrected chi connectivity index (χ1v) is 8.68. The van der Waals surface area contributed by atoms with Crippen LogP contribution in [0.15, 0.2) is 47.8 Å². The Morgan fingerprint density at radius 2 is 2.18 bits per heavy atom. The molecule has 0 radical (unpaired) electrons. The minimum Gasteiger partial charge on any atom is -0.352 e. The van der Waals surface area contributed by atoms with E-state index in [1.54, 1.807) is 43.8 Å². The Morgan fingerprint density at radius 3 is 2.89 bits per heavy atom. The van der Waals surface area contributed by atoms with Crippen molar-refractivity contribution in [2.45, 2.75) is 12.5 Å². The molecule has 2 aromatic rings. The summed E-state index contributed by atoms with van der Waals surface area (Å²) in [6.07, 6.45) is 5.62. The van der Waals surface area contributed by atoms with Gasteiger partial charge in [-0.05, 0) is 30.7 Å². The molecule has 3 heterocycles. The normalized spacial score (nSPS) is 16.3. The molecular weight excluding hydrogens is 476 g/mol. The lowest BCUT2D eigenvalue weighted by Crippen LogP contribution is -2.46. The summed E-state index contributed by atoms with van der Waals surface area (Å²) in [4.78, 5) is 26.1. The highest BCUT2D eigenvalue weighted by Crippen LogP contribution is 2.20. The first-order chi connectivity index (χ1) is 13.2. The zero-order chi connectivity index (χ0) is 19.1. The van der Waals surface area contributed by atoms with Crippen molar-refractivity contribution < 1.29 is 9.18 Å². The van der Waals surface area contributed by atoms with E-state index in [1.165, 1.54) is 6.07 Å². The zero-order valence-corrected chi connectivity index (χ0v) is 17.8.